The fourth-order valence-corrected chi connectivity index (χ4v) is 4.58. The number of nitrogens with zero attached hydrogens (tertiary/aromatic N) is 2. The molecule has 0 radical (unpaired) electrons. The number of ether oxygens (including phenoxy) is 1. The summed E-state index contributed by atoms with van der Waals surface area (Å²) in [5, 5.41) is 18.2. The van der Waals surface area contributed by atoms with Crippen molar-refractivity contribution in [2.75, 3.05) is 18.0 Å². The second-order valence-corrected chi connectivity index (χ2v) is 11.8. The quantitative estimate of drug-likeness (QED) is 0.323. The van der Waals surface area contributed by atoms with Gasteiger partial charge in [0.1, 0.15) is 11.5 Å². The Morgan fingerprint density at radius 1 is 0.925 bits per heavy atom. The molecule has 0 amide bonds. The van der Waals surface area contributed by atoms with E-state index in [0.717, 1.165) is 71.2 Å². The Hall–Kier alpha value is -3.38. The van der Waals surface area contributed by atoms with Crippen molar-refractivity contribution < 1.29 is 19.7 Å². The van der Waals surface area contributed by atoms with Gasteiger partial charge in [-0.3, -0.25) is 9.78 Å². The summed E-state index contributed by atoms with van der Waals surface area (Å²) in [4.78, 5) is 18.9. The molecular formula is C34H48N2O4. The lowest BCUT2D eigenvalue weighted by Crippen LogP contribution is -2.38. The van der Waals surface area contributed by atoms with Crippen molar-refractivity contribution in [3.8, 4) is 22.6 Å². The number of carbonyl (C=O) groups is 1. The number of aryl methyl sites for hydroxylation is 2. The average Bonchev–Trinajstić information content (AvgIpc) is 2.87. The van der Waals surface area contributed by atoms with Gasteiger partial charge in [0.2, 0.25) is 0 Å². The highest BCUT2D eigenvalue weighted by Crippen LogP contribution is 2.42. The molecule has 0 unspecified atom stereocenters. The largest absolute Gasteiger partial charge is 0.481 e. The maximum Gasteiger partial charge on any atom is 0.307 e. The Bertz CT molecular complexity index is 1210. The molecule has 0 spiro atoms. The van der Waals surface area contributed by atoms with Crippen molar-refractivity contribution in [1.82, 2.24) is 4.98 Å². The molecule has 2 aromatic carbocycles. The van der Waals surface area contributed by atoms with Crippen LogP contribution in [0.2, 0.25) is 0 Å². The smallest absolute Gasteiger partial charge is 0.307 e. The zero-order valence-electron chi connectivity index (χ0n) is 25.8. The number of aromatic nitrogens is 1. The van der Waals surface area contributed by atoms with Crippen molar-refractivity contribution in [2.45, 2.75) is 87.2 Å². The van der Waals surface area contributed by atoms with Gasteiger partial charge in [0.25, 0.3) is 0 Å². The third-order valence-electron chi connectivity index (χ3n) is 6.54. The van der Waals surface area contributed by atoms with Crippen LogP contribution in [0.4, 0.5) is 5.69 Å². The lowest BCUT2D eigenvalue weighted by atomic mass is 9.82. The number of para-hydroxylation sites is 1. The molecule has 1 fully saturated rings. The number of benzene rings is 2. The van der Waals surface area contributed by atoms with E-state index in [4.69, 9.17) is 14.8 Å². The van der Waals surface area contributed by atoms with E-state index in [0.29, 0.717) is 5.41 Å². The van der Waals surface area contributed by atoms with Crippen LogP contribution < -0.4 is 9.64 Å². The summed E-state index contributed by atoms with van der Waals surface area (Å²) in [5.41, 5.74) is 5.38. The van der Waals surface area contributed by atoms with Crippen LogP contribution in [-0.4, -0.2) is 39.9 Å². The van der Waals surface area contributed by atoms with Gasteiger partial charge in [-0.15, -0.1) is 0 Å². The van der Waals surface area contributed by atoms with Crippen molar-refractivity contribution in [1.29, 1.82) is 0 Å². The van der Waals surface area contributed by atoms with Crippen LogP contribution in [0.1, 0.15) is 78.3 Å². The zero-order chi connectivity index (χ0) is 30.1. The van der Waals surface area contributed by atoms with Gasteiger partial charge in [-0.1, -0.05) is 58.0 Å². The third-order valence-corrected chi connectivity index (χ3v) is 6.54. The van der Waals surface area contributed by atoms with E-state index < -0.39 is 11.6 Å². The SMILES string of the molecule is CC.CC(C)(C)O.Cc1nc(C)c(-c2ccc(Oc3ccccc3)cc2)c(N2CCC(C)(C)CC2)c1CC(=O)O. The number of hydrogen-bond acceptors (Lipinski definition) is 5. The van der Waals surface area contributed by atoms with Crippen molar-refractivity contribution in [2.24, 2.45) is 5.41 Å². The molecule has 1 aromatic heterocycles. The predicted octanol–water partition coefficient (Wildman–Crippen LogP) is 8.21. The Morgan fingerprint density at radius 2 is 1.43 bits per heavy atom. The van der Waals surface area contributed by atoms with Crippen molar-refractivity contribution in [3.63, 3.8) is 0 Å². The number of carboxylic acids is 1. The molecule has 40 heavy (non-hydrogen) atoms. The van der Waals surface area contributed by atoms with Gasteiger partial charge >= 0.3 is 5.97 Å². The highest BCUT2D eigenvalue weighted by molar-refractivity contribution is 5.86. The fourth-order valence-electron chi connectivity index (χ4n) is 4.58. The molecule has 6 nitrogen and oxygen atoms in total. The maximum atomic E-state index is 11.7. The third kappa shape index (κ3) is 9.98. The van der Waals surface area contributed by atoms with Gasteiger partial charge in [0, 0.05) is 35.6 Å². The van der Waals surface area contributed by atoms with E-state index in [1.165, 1.54) is 0 Å². The minimum absolute atomic E-state index is 0.0312. The molecule has 218 valence electrons. The lowest BCUT2D eigenvalue weighted by Gasteiger charge is -2.40. The molecular weight excluding hydrogens is 500 g/mol. The van der Waals surface area contributed by atoms with Gasteiger partial charge in [0.15, 0.2) is 0 Å². The molecule has 0 aliphatic carbocycles. The number of aliphatic hydroxyl groups is 1. The second kappa shape index (κ2) is 14.3. The van der Waals surface area contributed by atoms with Gasteiger partial charge in [-0.05, 0) is 82.7 Å². The first-order valence-electron chi connectivity index (χ1n) is 14.3. The number of hydrogen-bond donors (Lipinski definition) is 2. The van der Waals surface area contributed by atoms with Crippen LogP contribution in [0.15, 0.2) is 54.6 Å². The Balaban J connectivity index is 0.000000722. The highest BCUT2D eigenvalue weighted by atomic mass is 16.5. The van der Waals surface area contributed by atoms with E-state index in [9.17, 15) is 9.90 Å². The van der Waals surface area contributed by atoms with Crippen molar-refractivity contribution in [3.05, 3.63) is 71.5 Å². The number of carboxylic acid groups (broad SMARTS) is 1. The highest BCUT2D eigenvalue weighted by Gasteiger charge is 2.30. The van der Waals surface area contributed by atoms with Crippen molar-refractivity contribution >= 4 is 11.7 Å². The monoisotopic (exact) mass is 548 g/mol. The minimum atomic E-state index is -0.833. The molecule has 2 heterocycles. The van der Waals surface area contributed by atoms with Gasteiger partial charge in [-0.25, -0.2) is 0 Å². The molecule has 0 atom stereocenters. The van der Waals surface area contributed by atoms with Crippen LogP contribution in [0, 0.1) is 19.3 Å². The molecule has 2 N–H and O–H groups in total. The van der Waals surface area contributed by atoms with E-state index in [-0.39, 0.29) is 6.42 Å². The number of anilines is 1. The van der Waals surface area contributed by atoms with Gasteiger partial charge < -0.3 is 19.8 Å². The van der Waals surface area contributed by atoms with E-state index in [2.05, 4.69) is 18.7 Å². The number of rotatable bonds is 6. The van der Waals surface area contributed by atoms with E-state index in [1.807, 2.05) is 82.3 Å². The molecule has 4 rings (SSSR count). The summed E-state index contributed by atoms with van der Waals surface area (Å²) < 4.78 is 5.96. The minimum Gasteiger partial charge on any atom is -0.481 e. The van der Waals surface area contributed by atoms with Crippen LogP contribution >= 0.6 is 0 Å². The maximum absolute atomic E-state index is 11.7. The lowest BCUT2D eigenvalue weighted by molar-refractivity contribution is -0.136. The summed E-state index contributed by atoms with van der Waals surface area (Å²) in [7, 11) is 0. The van der Waals surface area contributed by atoms with Crippen LogP contribution in [0.25, 0.3) is 11.1 Å². The summed E-state index contributed by atoms with van der Waals surface area (Å²) in [6.45, 7) is 19.6. The molecule has 3 aromatic rings. The standard InChI is InChI=1S/C28H32N2O3.C4H10O.C2H6/c1-19-24(18-25(31)32)27(30-16-14-28(3,4)15-17-30)26(20(2)29-19)21-10-12-23(13-11-21)33-22-8-6-5-7-9-22;1-4(2,3)5;1-2/h5-13H,14-18H2,1-4H3,(H,31,32);5H,1-3H3;1-2H3. The first kappa shape index (κ1) is 32.8. The topological polar surface area (TPSA) is 82.9 Å². The number of piperidine rings is 1. The molecule has 6 heteroatoms. The average molecular weight is 549 g/mol. The summed E-state index contributed by atoms with van der Waals surface area (Å²) in [6, 6.07) is 17.7. The van der Waals surface area contributed by atoms with Crippen LogP contribution in [0.5, 0.6) is 11.5 Å². The predicted molar refractivity (Wildman–Crippen MR) is 166 cm³/mol. The molecule has 0 bridgehead atoms. The number of pyridine rings is 1. The Morgan fingerprint density at radius 3 is 1.93 bits per heavy atom. The first-order valence-corrected chi connectivity index (χ1v) is 14.3. The first-order chi connectivity index (χ1) is 18.7. The van der Waals surface area contributed by atoms with Crippen LogP contribution in [-0.2, 0) is 11.2 Å². The summed E-state index contributed by atoms with van der Waals surface area (Å²) in [5.74, 6) is 0.716. The summed E-state index contributed by atoms with van der Waals surface area (Å²) >= 11 is 0. The fraction of sp³-hybridized carbons (Fsp3) is 0.471. The Labute approximate surface area is 241 Å². The number of aliphatic carboxylic acids is 1. The molecule has 0 saturated carbocycles. The molecule has 1 aliphatic rings. The second-order valence-electron chi connectivity index (χ2n) is 11.8. The van der Waals surface area contributed by atoms with Crippen LogP contribution in [0.3, 0.4) is 0 Å². The van der Waals surface area contributed by atoms with E-state index >= 15 is 0 Å². The van der Waals surface area contributed by atoms with Gasteiger partial charge in [-0.2, -0.15) is 0 Å². The summed E-state index contributed by atoms with van der Waals surface area (Å²) in [6.07, 6.45) is 2.11. The van der Waals surface area contributed by atoms with Gasteiger partial charge in [0.05, 0.1) is 17.7 Å². The normalized spacial score (nSPS) is 14.3. The van der Waals surface area contributed by atoms with E-state index in [1.54, 1.807) is 20.8 Å². The molecule has 1 saturated heterocycles. The Kier molecular flexibility index (Phi) is 11.7. The molecule has 1 aliphatic heterocycles. The zero-order valence-corrected chi connectivity index (χ0v) is 25.8.